The number of benzene rings is 1. The van der Waals surface area contributed by atoms with E-state index in [4.69, 9.17) is 30.5 Å². The normalized spacial score (nSPS) is 14.4. The van der Waals surface area contributed by atoms with E-state index in [1.165, 1.54) is 25.0 Å². The molecule has 1 aliphatic heterocycles. The molecule has 2 aromatic rings. The summed E-state index contributed by atoms with van der Waals surface area (Å²) in [7, 11) is 2.78. The highest BCUT2D eigenvalue weighted by atomic mass is 35.5. The lowest BCUT2D eigenvalue weighted by molar-refractivity contribution is -0.141. The maximum Gasteiger partial charge on any atom is 0.325 e. The Morgan fingerprint density at radius 2 is 2.15 bits per heavy atom. The number of rotatable bonds is 4. The second-order valence-corrected chi connectivity index (χ2v) is 6.48. The number of ether oxygens (including phenoxy) is 4. The predicted molar refractivity (Wildman–Crippen MR) is 94.0 cm³/mol. The lowest BCUT2D eigenvalue weighted by atomic mass is 10.3. The molecule has 0 saturated carbocycles. The van der Waals surface area contributed by atoms with Crippen molar-refractivity contribution >= 4 is 45.0 Å². The molecule has 10 heteroatoms. The molecule has 0 unspecified atom stereocenters. The second-order valence-electron chi connectivity index (χ2n) is 5.09. The molecule has 1 aromatic carbocycles. The quantitative estimate of drug-likeness (QED) is 0.730. The van der Waals surface area contributed by atoms with Crippen LogP contribution in [-0.2, 0) is 30.3 Å². The number of hydrogen-bond acceptors (Lipinski definition) is 7. The molecule has 2 heterocycles. The fourth-order valence-corrected chi connectivity index (χ4v) is 3.65. The van der Waals surface area contributed by atoms with Gasteiger partial charge in [-0.25, -0.2) is 0 Å². The first-order valence-corrected chi connectivity index (χ1v) is 8.71. The highest BCUT2D eigenvalue weighted by molar-refractivity contribution is 7.17. The summed E-state index contributed by atoms with van der Waals surface area (Å²) in [6.45, 7) is 0.478. The number of esters is 1. The van der Waals surface area contributed by atoms with Crippen LogP contribution in [0.25, 0.3) is 10.2 Å². The van der Waals surface area contributed by atoms with Crippen LogP contribution in [0.3, 0.4) is 0 Å². The van der Waals surface area contributed by atoms with Crippen molar-refractivity contribution in [1.29, 1.82) is 0 Å². The summed E-state index contributed by atoms with van der Waals surface area (Å²) in [5, 5.41) is 0.454. The number of methoxy groups -OCH3 is 2. The summed E-state index contributed by atoms with van der Waals surface area (Å²) in [5.41, 5.74) is 0.553. The first kappa shape index (κ1) is 18.3. The van der Waals surface area contributed by atoms with Crippen molar-refractivity contribution in [3.8, 4) is 5.75 Å². The van der Waals surface area contributed by atoms with Crippen LogP contribution in [0, 0.1) is 0 Å². The monoisotopic (exact) mass is 398 g/mol. The SMILES string of the molecule is COC(=O)Cn1c(=NC(=O)C2=COCCO2)sc2c(Cl)ccc(OC)c21. The molecule has 0 radical (unpaired) electrons. The highest BCUT2D eigenvalue weighted by Gasteiger charge is 2.19. The van der Waals surface area contributed by atoms with Crippen LogP contribution in [0.1, 0.15) is 0 Å². The van der Waals surface area contributed by atoms with Gasteiger partial charge in [0.1, 0.15) is 37.3 Å². The number of hydrogen-bond donors (Lipinski definition) is 0. The number of carbonyl (C=O) groups excluding carboxylic acids is 2. The first-order valence-electron chi connectivity index (χ1n) is 7.51. The Labute approximate surface area is 157 Å². The number of carbonyl (C=O) groups is 2. The van der Waals surface area contributed by atoms with E-state index in [0.717, 1.165) is 11.3 Å². The van der Waals surface area contributed by atoms with Crippen LogP contribution in [0.5, 0.6) is 5.75 Å². The Morgan fingerprint density at radius 3 is 2.81 bits per heavy atom. The molecule has 0 spiro atoms. The van der Waals surface area contributed by atoms with Gasteiger partial charge in [0, 0.05) is 0 Å². The first-order chi connectivity index (χ1) is 12.5. The molecule has 8 nitrogen and oxygen atoms in total. The molecular formula is C16H15ClN2O6S. The van der Waals surface area contributed by atoms with Crippen molar-refractivity contribution in [2.45, 2.75) is 6.54 Å². The Kier molecular flexibility index (Phi) is 5.48. The largest absolute Gasteiger partial charge is 0.495 e. The van der Waals surface area contributed by atoms with Gasteiger partial charge in [0.2, 0.25) is 5.76 Å². The summed E-state index contributed by atoms with van der Waals surface area (Å²) >= 11 is 7.43. The van der Waals surface area contributed by atoms with Gasteiger partial charge in [0.25, 0.3) is 0 Å². The van der Waals surface area contributed by atoms with E-state index in [-0.39, 0.29) is 23.7 Å². The van der Waals surface area contributed by atoms with E-state index in [2.05, 4.69) is 4.99 Å². The van der Waals surface area contributed by atoms with E-state index >= 15 is 0 Å². The zero-order chi connectivity index (χ0) is 18.7. The maximum atomic E-state index is 12.4. The fourth-order valence-electron chi connectivity index (χ4n) is 2.33. The van der Waals surface area contributed by atoms with E-state index in [9.17, 15) is 9.59 Å². The molecule has 0 bridgehead atoms. The third-order valence-corrected chi connectivity index (χ3v) is 5.07. The minimum atomic E-state index is -0.620. The molecule has 138 valence electrons. The van der Waals surface area contributed by atoms with E-state index in [1.54, 1.807) is 12.1 Å². The number of amides is 1. The number of aromatic nitrogens is 1. The van der Waals surface area contributed by atoms with Gasteiger partial charge in [-0.2, -0.15) is 4.99 Å². The third-order valence-electron chi connectivity index (χ3n) is 3.53. The van der Waals surface area contributed by atoms with E-state index in [0.29, 0.717) is 27.6 Å². The van der Waals surface area contributed by atoms with Gasteiger partial charge in [0.15, 0.2) is 4.80 Å². The molecule has 0 fully saturated rings. The molecule has 3 rings (SSSR count). The van der Waals surface area contributed by atoms with Gasteiger partial charge in [0.05, 0.1) is 23.9 Å². The topological polar surface area (TPSA) is 88.4 Å². The second kappa shape index (κ2) is 7.79. The van der Waals surface area contributed by atoms with Crippen molar-refractivity contribution in [3.05, 3.63) is 34.0 Å². The summed E-state index contributed by atoms with van der Waals surface area (Å²) in [5.74, 6) is -0.631. The van der Waals surface area contributed by atoms with Gasteiger partial charge in [-0.3, -0.25) is 9.59 Å². The van der Waals surface area contributed by atoms with Crippen molar-refractivity contribution in [1.82, 2.24) is 4.57 Å². The van der Waals surface area contributed by atoms with Crippen molar-refractivity contribution in [2.24, 2.45) is 4.99 Å². The maximum absolute atomic E-state index is 12.4. The predicted octanol–water partition coefficient (Wildman–Crippen LogP) is 1.85. The van der Waals surface area contributed by atoms with Crippen LogP contribution >= 0.6 is 22.9 Å². The van der Waals surface area contributed by atoms with Crippen LogP contribution < -0.4 is 9.54 Å². The number of fused-ring (bicyclic) bond motifs is 1. The molecule has 0 saturated heterocycles. The van der Waals surface area contributed by atoms with Gasteiger partial charge < -0.3 is 23.5 Å². The number of thiazole rings is 1. The molecule has 0 N–H and O–H groups in total. The zero-order valence-electron chi connectivity index (χ0n) is 14.0. The molecule has 1 aliphatic rings. The van der Waals surface area contributed by atoms with Crippen LogP contribution in [-0.4, -0.2) is 43.9 Å². The molecule has 0 aliphatic carbocycles. The van der Waals surface area contributed by atoms with Crippen LogP contribution in [0.15, 0.2) is 29.1 Å². The summed E-state index contributed by atoms with van der Waals surface area (Å²) in [6.07, 6.45) is 1.22. The molecule has 1 aromatic heterocycles. The summed E-state index contributed by atoms with van der Waals surface area (Å²) in [4.78, 5) is 28.5. The molecule has 0 atom stereocenters. The average Bonchev–Trinajstić information content (AvgIpc) is 3.01. The smallest absolute Gasteiger partial charge is 0.325 e. The highest BCUT2D eigenvalue weighted by Crippen LogP contribution is 2.33. The Morgan fingerprint density at radius 1 is 1.35 bits per heavy atom. The molecule has 26 heavy (non-hydrogen) atoms. The Balaban J connectivity index is 2.20. The molecular weight excluding hydrogens is 384 g/mol. The van der Waals surface area contributed by atoms with Gasteiger partial charge in [-0.15, -0.1) is 0 Å². The Bertz CT molecular complexity index is 962. The standard InChI is InChI=1S/C16H15ClN2O6S/c1-22-10-4-3-9(17)14-13(10)19(7-12(20)23-2)16(26-14)18-15(21)11-8-24-5-6-25-11/h3-4,8H,5-7H2,1-2H3. The summed E-state index contributed by atoms with van der Waals surface area (Å²) in [6, 6.07) is 3.35. The minimum Gasteiger partial charge on any atom is -0.495 e. The van der Waals surface area contributed by atoms with Crippen molar-refractivity contribution < 1.29 is 28.5 Å². The third kappa shape index (κ3) is 3.54. The average molecular weight is 399 g/mol. The summed E-state index contributed by atoms with van der Waals surface area (Å²) < 4.78 is 22.6. The van der Waals surface area contributed by atoms with E-state index < -0.39 is 11.9 Å². The zero-order valence-corrected chi connectivity index (χ0v) is 15.6. The number of halogens is 1. The fraction of sp³-hybridized carbons (Fsp3) is 0.312. The lowest BCUT2D eigenvalue weighted by Gasteiger charge is -2.12. The van der Waals surface area contributed by atoms with Gasteiger partial charge in [-0.05, 0) is 12.1 Å². The van der Waals surface area contributed by atoms with Crippen LogP contribution in [0.2, 0.25) is 5.02 Å². The van der Waals surface area contributed by atoms with Gasteiger partial charge in [-0.1, -0.05) is 22.9 Å². The lowest BCUT2D eigenvalue weighted by Crippen LogP contribution is -2.23. The molecule has 1 amide bonds. The number of nitrogens with zero attached hydrogens (tertiary/aromatic N) is 2. The van der Waals surface area contributed by atoms with Crippen molar-refractivity contribution in [3.63, 3.8) is 0 Å². The van der Waals surface area contributed by atoms with Crippen molar-refractivity contribution in [2.75, 3.05) is 27.4 Å². The Hall–Kier alpha value is -2.52. The van der Waals surface area contributed by atoms with Crippen LogP contribution in [0.4, 0.5) is 0 Å². The van der Waals surface area contributed by atoms with Gasteiger partial charge >= 0.3 is 11.9 Å². The van der Waals surface area contributed by atoms with E-state index in [1.807, 2.05) is 0 Å². The minimum absolute atomic E-state index is 0.00335.